The molecule has 5 heteroatoms. The predicted molar refractivity (Wildman–Crippen MR) is 84.0 cm³/mol. The number of nitrogens with one attached hydrogen (secondary N) is 1. The van der Waals surface area contributed by atoms with Crippen molar-refractivity contribution < 1.29 is 9.59 Å². The van der Waals surface area contributed by atoms with Gasteiger partial charge in [0.15, 0.2) is 0 Å². The van der Waals surface area contributed by atoms with Crippen LogP contribution in [0.25, 0.3) is 0 Å². The van der Waals surface area contributed by atoms with E-state index in [1.165, 1.54) is 0 Å². The van der Waals surface area contributed by atoms with E-state index in [9.17, 15) is 9.59 Å². The Morgan fingerprint density at radius 2 is 2.09 bits per heavy atom. The number of amides is 2. The fraction of sp³-hybridized carbons (Fsp3) is 0.529. The van der Waals surface area contributed by atoms with Gasteiger partial charge in [0.25, 0.3) is 0 Å². The Labute approximate surface area is 131 Å². The van der Waals surface area contributed by atoms with Gasteiger partial charge in [-0.3, -0.25) is 9.59 Å². The van der Waals surface area contributed by atoms with Crippen LogP contribution in [0.1, 0.15) is 18.9 Å². The van der Waals surface area contributed by atoms with Gasteiger partial charge in [0.05, 0.1) is 5.92 Å². The molecule has 118 valence electrons. The third-order valence-corrected chi connectivity index (χ3v) is 4.56. The molecule has 5 nitrogen and oxygen atoms in total. The maximum Gasteiger partial charge on any atom is 0.228 e. The van der Waals surface area contributed by atoms with Crippen LogP contribution in [0.15, 0.2) is 30.3 Å². The molecule has 2 atom stereocenters. The molecule has 22 heavy (non-hydrogen) atoms. The lowest BCUT2D eigenvalue weighted by Gasteiger charge is -2.35. The minimum atomic E-state index is -0.184. The number of carbonyl (C=O) groups excluding carboxylic acids is 2. The minimum absolute atomic E-state index is 0.0880. The average molecular weight is 301 g/mol. The summed E-state index contributed by atoms with van der Waals surface area (Å²) in [6, 6.07) is 10.1. The molecule has 0 aromatic heterocycles. The van der Waals surface area contributed by atoms with Crippen LogP contribution in [0.5, 0.6) is 0 Å². The molecule has 1 N–H and O–H groups in total. The van der Waals surface area contributed by atoms with Gasteiger partial charge in [0.2, 0.25) is 11.8 Å². The molecule has 0 spiro atoms. The first-order valence-corrected chi connectivity index (χ1v) is 7.98. The van der Waals surface area contributed by atoms with Crippen molar-refractivity contribution in [3.05, 3.63) is 35.9 Å². The van der Waals surface area contributed by atoms with Crippen LogP contribution >= 0.6 is 0 Å². The van der Waals surface area contributed by atoms with E-state index in [2.05, 4.69) is 12.2 Å². The summed E-state index contributed by atoms with van der Waals surface area (Å²) in [6.45, 7) is 5.61. The predicted octanol–water partition coefficient (Wildman–Crippen LogP) is 0.855. The number of hydrogen-bond acceptors (Lipinski definition) is 3. The van der Waals surface area contributed by atoms with Gasteiger partial charge in [-0.25, -0.2) is 0 Å². The molecule has 1 aromatic carbocycles. The highest BCUT2D eigenvalue weighted by molar-refractivity contribution is 5.89. The van der Waals surface area contributed by atoms with Crippen molar-refractivity contribution in [2.45, 2.75) is 25.9 Å². The van der Waals surface area contributed by atoms with Gasteiger partial charge in [-0.1, -0.05) is 30.3 Å². The number of likely N-dealkylation sites (tertiary alicyclic amines) is 1. The molecule has 3 rings (SSSR count). The molecule has 0 saturated carbocycles. The monoisotopic (exact) mass is 301 g/mol. The number of nitrogens with zero attached hydrogens (tertiary/aromatic N) is 2. The first kappa shape index (κ1) is 15.0. The number of rotatable bonds is 3. The Kier molecular flexibility index (Phi) is 4.43. The van der Waals surface area contributed by atoms with Crippen LogP contribution in [0, 0.1) is 5.92 Å². The van der Waals surface area contributed by atoms with Crippen molar-refractivity contribution >= 4 is 11.8 Å². The molecule has 0 radical (unpaired) electrons. The molecule has 0 bridgehead atoms. The SMILES string of the molecule is CC1CNCCN1C(=O)C1CC(=O)N(Cc2ccccc2)C1. The fourth-order valence-electron chi connectivity index (χ4n) is 3.30. The zero-order valence-electron chi connectivity index (χ0n) is 13.0. The Balaban J connectivity index is 1.62. The zero-order chi connectivity index (χ0) is 15.5. The summed E-state index contributed by atoms with van der Waals surface area (Å²) in [4.78, 5) is 28.6. The lowest BCUT2D eigenvalue weighted by Crippen LogP contribution is -2.54. The molecule has 1 aromatic rings. The van der Waals surface area contributed by atoms with E-state index in [1.54, 1.807) is 0 Å². The molecule has 2 aliphatic rings. The Bertz CT molecular complexity index is 546. The summed E-state index contributed by atoms with van der Waals surface area (Å²) < 4.78 is 0. The lowest BCUT2D eigenvalue weighted by atomic mass is 10.1. The van der Waals surface area contributed by atoms with Gasteiger partial charge in [0, 0.05) is 45.2 Å². The first-order valence-electron chi connectivity index (χ1n) is 7.98. The van der Waals surface area contributed by atoms with Crippen molar-refractivity contribution in [2.75, 3.05) is 26.2 Å². The summed E-state index contributed by atoms with van der Waals surface area (Å²) in [7, 11) is 0. The molecule has 2 unspecified atom stereocenters. The molecule has 2 saturated heterocycles. The first-order chi connectivity index (χ1) is 10.6. The van der Waals surface area contributed by atoms with E-state index in [0.29, 0.717) is 19.5 Å². The van der Waals surface area contributed by atoms with Crippen molar-refractivity contribution in [1.29, 1.82) is 0 Å². The van der Waals surface area contributed by atoms with E-state index >= 15 is 0 Å². The summed E-state index contributed by atoms with van der Waals surface area (Å²) in [6.07, 6.45) is 0.350. The molecular formula is C17H23N3O2. The maximum atomic E-state index is 12.7. The van der Waals surface area contributed by atoms with Gasteiger partial charge in [-0.2, -0.15) is 0 Å². The van der Waals surface area contributed by atoms with Crippen LogP contribution in [0.3, 0.4) is 0 Å². The van der Waals surface area contributed by atoms with Crippen molar-refractivity contribution in [1.82, 2.24) is 15.1 Å². The second kappa shape index (κ2) is 6.48. The van der Waals surface area contributed by atoms with Gasteiger partial charge >= 0.3 is 0 Å². The van der Waals surface area contributed by atoms with Gasteiger partial charge in [-0.05, 0) is 12.5 Å². The number of piperazine rings is 1. The van der Waals surface area contributed by atoms with E-state index < -0.39 is 0 Å². The van der Waals surface area contributed by atoms with Gasteiger partial charge in [-0.15, -0.1) is 0 Å². The Morgan fingerprint density at radius 3 is 2.82 bits per heavy atom. The molecule has 2 heterocycles. The van der Waals surface area contributed by atoms with Gasteiger partial charge in [0.1, 0.15) is 0 Å². The van der Waals surface area contributed by atoms with Crippen LogP contribution in [-0.4, -0.2) is 53.8 Å². The smallest absolute Gasteiger partial charge is 0.228 e. The van der Waals surface area contributed by atoms with E-state index in [0.717, 1.165) is 25.2 Å². The highest BCUT2D eigenvalue weighted by Crippen LogP contribution is 2.23. The van der Waals surface area contributed by atoms with Crippen LogP contribution in [-0.2, 0) is 16.1 Å². The van der Waals surface area contributed by atoms with Gasteiger partial charge < -0.3 is 15.1 Å². The Hall–Kier alpha value is -1.88. The standard InChI is InChI=1S/C17H23N3O2/c1-13-10-18-7-8-20(13)17(22)15-9-16(21)19(12-15)11-14-5-3-2-4-6-14/h2-6,13,15,18H,7-12H2,1H3. The van der Waals surface area contributed by atoms with Crippen LogP contribution in [0.4, 0.5) is 0 Å². The normalized spacial score (nSPS) is 25.6. The minimum Gasteiger partial charge on any atom is -0.338 e. The molecule has 2 aliphatic heterocycles. The number of hydrogen-bond donors (Lipinski definition) is 1. The molecule has 2 fully saturated rings. The fourth-order valence-corrected chi connectivity index (χ4v) is 3.30. The maximum absolute atomic E-state index is 12.7. The van der Waals surface area contributed by atoms with Crippen molar-refractivity contribution in [3.8, 4) is 0 Å². The summed E-state index contributed by atoms with van der Waals surface area (Å²) >= 11 is 0. The Morgan fingerprint density at radius 1 is 1.32 bits per heavy atom. The van der Waals surface area contributed by atoms with Crippen molar-refractivity contribution in [2.24, 2.45) is 5.92 Å². The highest BCUT2D eigenvalue weighted by Gasteiger charge is 2.38. The van der Waals surface area contributed by atoms with Crippen LogP contribution < -0.4 is 5.32 Å². The quantitative estimate of drug-likeness (QED) is 0.901. The highest BCUT2D eigenvalue weighted by atomic mass is 16.2. The average Bonchev–Trinajstić information content (AvgIpc) is 2.89. The topological polar surface area (TPSA) is 52.7 Å². The van der Waals surface area contributed by atoms with E-state index in [4.69, 9.17) is 0 Å². The zero-order valence-corrected chi connectivity index (χ0v) is 13.0. The summed E-state index contributed by atoms with van der Waals surface area (Å²) in [5, 5.41) is 3.29. The number of benzene rings is 1. The molecule has 2 amide bonds. The van der Waals surface area contributed by atoms with E-state index in [-0.39, 0.29) is 23.8 Å². The lowest BCUT2D eigenvalue weighted by molar-refractivity contribution is -0.138. The summed E-state index contributed by atoms with van der Waals surface area (Å²) in [5.41, 5.74) is 1.11. The second-order valence-electron chi connectivity index (χ2n) is 6.25. The number of carbonyl (C=O) groups is 2. The van der Waals surface area contributed by atoms with E-state index in [1.807, 2.05) is 40.1 Å². The van der Waals surface area contributed by atoms with Crippen molar-refractivity contribution in [3.63, 3.8) is 0 Å². The second-order valence-corrected chi connectivity index (χ2v) is 6.25. The molecule has 0 aliphatic carbocycles. The summed E-state index contributed by atoms with van der Waals surface area (Å²) in [5.74, 6) is 0.0414. The third-order valence-electron chi connectivity index (χ3n) is 4.56. The van der Waals surface area contributed by atoms with Crippen LogP contribution in [0.2, 0.25) is 0 Å². The molecular weight excluding hydrogens is 278 g/mol. The largest absolute Gasteiger partial charge is 0.338 e. The third kappa shape index (κ3) is 3.14.